The van der Waals surface area contributed by atoms with Crippen molar-refractivity contribution in [2.75, 3.05) is 27.2 Å². The maximum absolute atomic E-state index is 11.7. The maximum Gasteiger partial charge on any atom is 0.331 e. The van der Waals surface area contributed by atoms with Crippen LogP contribution in [-0.2, 0) is 19.1 Å². The van der Waals surface area contributed by atoms with Crippen LogP contribution in [0.15, 0.2) is 34.8 Å². The predicted octanol–water partition coefficient (Wildman–Crippen LogP) is 1.21. The monoisotopic (exact) mass is 368 g/mol. The van der Waals surface area contributed by atoms with Crippen LogP contribution in [0.1, 0.15) is 5.56 Å². The van der Waals surface area contributed by atoms with Gasteiger partial charge in [0.2, 0.25) is 5.91 Å². The van der Waals surface area contributed by atoms with Crippen molar-refractivity contribution in [3.8, 4) is 0 Å². The quantitative estimate of drug-likeness (QED) is 0.604. The van der Waals surface area contributed by atoms with Crippen molar-refractivity contribution >= 4 is 39.8 Å². The Balaban J connectivity index is 2.42. The maximum atomic E-state index is 11.7. The Morgan fingerprint density at radius 3 is 2.73 bits per heavy atom. The largest absolute Gasteiger partial charge is 0.452 e. The number of hydrogen-bond acceptors (Lipinski definition) is 4. The van der Waals surface area contributed by atoms with Crippen LogP contribution in [0.5, 0.6) is 0 Å². The molecule has 1 aromatic carbocycles. The van der Waals surface area contributed by atoms with E-state index in [0.717, 1.165) is 10.0 Å². The highest BCUT2D eigenvalue weighted by molar-refractivity contribution is 9.10. The molecule has 1 aromatic rings. The highest BCUT2D eigenvalue weighted by atomic mass is 79.9. The number of rotatable bonds is 6. The second kappa shape index (κ2) is 8.99. The van der Waals surface area contributed by atoms with Crippen molar-refractivity contribution in [1.82, 2.24) is 10.2 Å². The van der Waals surface area contributed by atoms with Gasteiger partial charge in [-0.3, -0.25) is 9.59 Å². The third-order valence-corrected chi connectivity index (χ3v) is 3.18. The molecule has 0 heterocycles. The number of halogens is 1. The first kappa shape index (κ1) is 17.9. The zero-order valence-electron chi connectivity index (χ0n) is 12.3. The summed E-state index contributed by atoms with van der Waals surface area (Å²) in [4.78, 5) is 35.5. The standard InChI is InChI=1S/C15H17BrN2O4/c1-17-13(19)9-18(2)14(20)10-22-15(21)7-6-11-4-3-5-12(16)8-11/h3-8H,9-10H2,1-2H3,(H,17,19)/b7-6+. The Morgan fingerprint density at radius 2 is 2.09 bits per heavy atom. The summed E-state index contributed by atoms with van der Waals surface area (Å²) in [5, 5.41) is 2.40. The first-order valence-electron chi connectivity index (χ1n) is 6.47. The molecular formula is C15H17BrN2O4. The summed E-state index contributed by atoms with van der Waals surface area (Å²) >= 11 is 3.33. The number of hydrogen-bond donors (Lipinski definition) is 1. The molecule has 1 N–H and O–H groups in total. The summed E-state index contributed by atoms with van der Waals surface area (Å²) in [5.41, 5.74) is 0.828. The topological polar surface area (TPSA) is 75.7 Å². The third kappa shape index (κ3) is 6.53. The SMILES string of the molecule is CNC(=O)CN(C)C(=O)COC(=O)/C=C/c1cccc(Br)c1. The van der Waals surface area contributed by atoms with Crippen molar-refractivity contribution in [1.29, 1.82) is 0 Å². The van der Waals surface area contributed by atoms with Crippen molar-refractivity contribution in [2.45, 2.75) is 0 Å². The fourth-order valence-electron chi connectivity index (χ4n) is 1.45. The number of esters is 1. The average Bonchev–Trinajstić information content (AvgIpc) is 2.50. The lowest BCUT2D eigenvalue weighted by molar-refractivity contribution is -0.148. The molecule has 0 aliphatic rings. The van der Waals surface area contributed by atoms with Gasteiger partial charge in [-0.15, -0.1) is 0 Å². The number of amides is 2. The molecular weight excluding hydrogens is 352 g/mol. The molecule has 2 amide bonds. The average molecular weight is 369 g/mol. The first-order chi connectivity index (χ1) is 10.4. The number of carbonyl (C=O) groups excluding carboxylic acids is 3. The van der Waals surface area contributed by atoms with Crippen LogP contribution in [0.2, 0.25) is 0 Å². The van der Waals surface area contributed by atoms with E-state index in [1.54, 1.807) is 6.08 Å². The van der Waals surface area contributed by atoms with E-state index in [0.29, 0.717) is 0 Å². The molecule has 0 aliphatic heterocycles. The van der Waals surface area contributed by atoms with Gasteiger partial charge in [0.15, 0.2) is 6.61 Å². The molecule has 0 atom stereocenters. The van der Waals surface area contributed by atoms with Crippen molar-refractivity contribution in [3.05, 3.63) is 40.4 Å². The van der Waals surface area contributed by atoms with Gasteiger partial charge in [-0.25, -0.2) is 4.79 Å². The molecule has 0 aromatic heterocycles. The summed E-state index contributed by atoms with van der Waals surface area (Å²) in [7, 11) is 2.94. The van der Waals surface area contributed by atoms with E-state index >= 15 is 0 Å². The number of likely N-dealkylation sites (N-methyl/N-ethyl adjacent to an activating group) is 2. The minimum absolute atomic E-state index is 0.0826. The van der Waals surface area contributed by atoms with Gasteiger partial charge in [-0.05, 0) is 23.8 Å². The van der Waals surface area contributed by atoms with Gasteiger partial charge in [-0.2, -0.15) is 0 Å². The molecule has 1 rings (SSSR count). The summed E-state index contributed by atoms with van der Waals surface area (Å²) in [6.07, 6.45) is 2.83. The Morgan fingerprint density at radius 1 is 1.36 bits per heavy atom. The Bertz CT molecular complexity index is 587. The predicted molar refractivity (Wildman–Crippen MR) is 85.8 cm³/mol. The molecule has 118 valence electrons. The minimum Gasteiger partial charge on any atom is -0.452 e. The summed E-state index contributed by atoms with van der Waals surface area (Å²) in [6, 6.07) is 7.38. The molecule has 0 saturated heterocycles. The molecule has 6 nitrogen and oxygen atoms in total. The van der Waals surface area contributed by atoms with Gasteiger partial charge in [0.05, 0.1) is 6.54 Å². The number of nitrogens with one attached hydrogen (secondary N) is 1. The van der Waals surface area contributed by atoms with E-state index in [2.05, 4.69) is 21.2 Å². The molecule has 0 fully saturated rings. The van der Waals surface area contributed by atoms with Gasteiger partial charge in [-0.1, -0.05) is 28.1 Å². The summed E-state index contributed by atoms with van der Waals surface area (Å²) in [6.45, 7) is -0.490. The minimum atomic E-state index is -0.623. The normalized spacial score (nSPS) is 10.3. The van der Waals surface area contributed by atoms with Crippen LogP contribution in [0.4, 0.5) is 0 Å². The van der Waals surface area contributed by atoms with Crippen molar-refractivity contribution in [3.63, 3.8) is 0 Å². The molecule has 0 spiro atoms. The van der Waals surface area contributed by atoms with Gasteiger partial charge in [0.25, 0.3) is 5.91 Å². The lowest BCUT2D eigenvalue weighted by atomic mass is 10.2. The zero-order chi connectivity index (χ0) is 16.5. The highest BCUT2D eigenvalue weighted by Crippen LogP contribution is 2.12. The van der Waals surface area contributed by atoms with E-state index in [1.807, 2.05) is 24.3 Å². The van der Waals surface area contributed by atoms with E-state index < -0.39 is 18.5 Å². The summed E-state index contributed by atoms with van der Waals surface area (Å²) in [5.74, 6) is -1.37. The smallest absolute Gasteiger partial charge is 0.331 e. The lowest BCUT2D eigenvalue weighted by Crippen LogP contribution is -2.38. The zero-order valence-corrected chi connectivity index (χ0v) is 13.9. The molecule has 0 saturated carbocycles. The molecule has 0 radical (unpaired) electrons. The third-order valence-electron chi connectivity index (χ3n) is 2.68. The molecule has 22 heavy (non-hydrogen) atoms. The number of benzene rings is 1. The van der Waals surface area contributed by atoms with Gasteiger partial charge in [0.1, 0.15) is 0 Å². The lowest BCUT2D eigenvalue weighted by Gasteiger charge is -2.15. The second-order valence-corrected chi connectivity index (χ2v) is 5.33. The number of nitrogens with zero attached hydrogens (tertiary/aromatic N) is 1. The molecule has 0 aliphatic carbocycles. The molecule has 7 heteroatoms. The van der Waals surface area contributed by atoms with Crippen LogP contribution in [0.3, 0.4) is 0 Å². The Kier molecular flexibility index (Phi) is 7.31. The van der Waals surface area contributed by atoms with Crippen LogP contribution < -0.4 is 5.32 Å². The van der Waals surface area contributed by atoms with Crippen molar-refractivity contribution < 1.29 is 19.1 Å². The second-order valence-electron chi connectivity index (χ2n) is 4.42. The number of carbonyl (C=O) groups is 3. The first-order valence-corrected chi connectivity index (χ1v) is 7.26. The van der Waals surface area contributed by atoms with Crippen LogP contribution in [0.25, 0.3) is 6.08 Å². The van der Waals surface area contributed by atoms with Gasteiger partial charge in [0, 0.05) is 24.6 Å². The fraction of sp³-hybridized carbons (Fsp3) is 0.267. The van der Waals surface area contributed by atoms with Crippen LogP contribution in [-0.4, -0.2) is 49.9 Å². The molecule has 0 unspecified atom stereocenters. The van der Waals surface area contributed by atoms with E-state index in [-0.39, 0.29) is 12.5 Å². The summed E-state index contributed by atoms with van der Waals surface area (Å²) < 4.78 is 5.73. The van der Waals surface area contributed by atoms with E-state index in [1.165, 1.54) is 25.1 Å². The van der Waals surface area contributed by atoms with Crippen LogP contribution in [0, 0.1) is 0 Å². The molecule has 0 bridgehead atoms. The van der Waals surface area contributed by atoms with Crippen LogP contribution >= 0.6 is 15.9 Å². The van der Waals surface area contributed by atoms with E-state index in [4.69, 9.17) is 4.74 Å². The van der Waals surface area contributed by atoms with Gasteiger partial charge >= 0.3 is 5.97 Å². The highest BCUT2D eigenvalue weighted by Gasteiger charge is 2.13. The Hall–Kier alpha value is -2.15. The number of ether oxygens (including phenoxy) is 1. The van der Waals surface area contributed by atoms with Crippen molar-refractivity contribution in [2.24, 2.45) is 0 Å². The Labute approximate surface area is 137 Å². The van der Waals surface area contributed by atoms with E-state index in [9.17, 15) is 14.4 Å². The van der Waals surface area contributed by atoms with Gasteiger partial charge < -0.3 is 15.0 Å². The fourth-order valence-corrected chi connectivity index (χ4v) is 1.87.